The second kappa shape index (κ2) is 7.25. The van der Waals surface area contributed by atoms with Crippen molar-refractivity contribution in [1.82, 2.24) is 20.4 Å². The van der Waals surface area contributed by atoms with Crippen molar-refractivity contribution in [2.75, 3.05) is 26.2 Å². The van der Waals surface area contributed by atoms with Crippen LogP contribution in [0.3, 0.4) is 0 Å². The van der Waals surface area contributed by atoms with Gasteiger partial charge in [-0.15, -0.1) is 0 Å². The molecule has 0 aliphatic carbocycles. The molecule has 1 saturated heterocycles. The Morgan fingerprint density at radius 3 is 3.05 bits per heavy atom. The molecule has 0 spiro atoms. The number of nitrogens with zero attached hydrogens (tertiary/aromatic N) is 2. The molecule has 0 saturated carbocycles. The van der Waals surface area contributed by atoms with Crippen molar-refractivity contribution in [1.29, 1.82) is 0 Å². The molecule has 2 rings (SSSR count). The molecule has 1 aliphatic heterocycles. The SMILES string of the molecule is Cc1cnn(CCNC(=O)COC2CCNCC2)c1. The van der Waals surface area contributed by atoms with Crippen LogP contribution in [0.15, 0.2) is 12.4 Å². The Kier molecular flexibility index (Phi) is 5.35. The Labute approximate surface area is 113 Å². The minimum absolute atomic E-state index is 0.0533. The molecule has 1 aromatic rings. The van der Waals surface area contributed by atoms with Gasteiger partial charge in [0.15, 0.2) is 0 Å². The lowest BCUT2D eigenvalue weighted by Gasteiger charge is -2.22. The lowest BCUT2D eigenvalue weighted by atomic mass is 10.1. The highest BCUT2D eigenvalue weighted by molar-refractivity contribution is 5.77. The lowest BCUT2D eigenvalue weighted by molar-refractivity contribution is -0.128. The maximum Gasteiger partial charge on any atom is 0.246 e. The summed E-state index contributed by atoms with van der Waals surface area (Å²) in [5.74, 6) is -0.0533. The average Bonchev–Trinajstić information content (AvgIpc) is 2.83. The number of hydrogen-bond acceptors (Lipinski definition) is 4. The summed E-state index contributed by atoms with van der Waals surface area (Å²) < 4.78 is 7.40. The molecule has 6 nitrogen and oxygen atoms in total. The molecule has 2 heterocycles. The van der Waals surface area contributed by atoms with Crippen molar-refractivity contribution < 1.29 is 9.53 Å². The van der Waals surface area contributed by atoms with Crippen molar-refractivity contribution >= 4 is 5.91 Å². The molecule has 2 N–H and O–H groups in total. The van der Waals surface area contributed by atoms with Gasteiger partial charge < -0.3 is 15.4 Å². The zero-order valence-corrected chi connectivity index (χ0v) is 11.4. The molecule has 0 atom stereocenters. The fourth-order valence-corrected chi connectivity index (χ4v) is 2.11. The van der Waals surface area contributed by atoms with E-state index in [0.717, 1.165) is 31.5 Å². The Balaban J connectivity index is 1.56. The molecule has 0 aromatic carbocycles. The third kappa shape index (κ3) is 5.00. The summed E-state index contributed by atoms with van der Waals surface area (Å²) in [6.07, 6.45) is 5.96. The monoisotopic (exact) mass is 266 g/mol. The van der Waals surface area contributed by atoms with Crippen molar-refractivity contribution in [2.45, 2.75) is 32.4 Å². The van der Waals surface area contributed by atoms with Gasteiger partial charge in [-0.2, -0.15) is 5.10 Å². The van der Waals surface area contributed by atoms with E-state index >= 15 is 0 Å². The van der Waals surface area contributed by atoms with Gasteiger partial charge in [0.25, 0.3) is 0 Å². The predicted octanol–water partition coefficient (Wildman–Crippen LogP) is 0.0763. The normalized spacial score (nSPS) is 16.5. The van der Waals surface area contributed by atoms with Gasteiger partial charge in [0, 0.05) is 12.7 Å². The highest BCUT2D eigenvalue weighted by Crippen LogP contribution is 2.06. The van der Waals surface area contributed by atoms with Crippen LogP contribution in [0.25, 0.3) is 0 Å². The quantitative estimate of drug-likeness (QED) is 0.765. The molecule has 19 heavy (non-hydrogen) atoms. The summed E-state index contributed by atoms with van der Waals surface area (Å²) in [5, 5.41) is 10.3. The van der Waals surface area contributed by atoms with Gasteiger partial charge in [-0.1, -0.05) is 0 Å². The summed E-state index contributed by atoms with van der Waals surface area (Å²) in [6, 6.07) is 0. The van der Waals surface area contributed by atoms with Crippen molar-refractivity contribution in [3.63, 3.8) is 0 Å². The topological polar surface area (TPSA) is 68.2 Å². The summed E-state index contributed by atoms with van der Waals surface area (Å²) in [6.45, 7) is 5.37. The van der Waals surface area contributed by atoms with Gasteiger partial charge in [0.05, 0.1) is 18.8 Å². The summed E-state index contributed by atoms with van der Waals surface area (Å²) in [4.78, 5) is 11.6. The number of aromatic nitrogens is 2. The van der Waals surface area contributed by atoms with Crippen LogP contribution in [0.2, 0.25) is 0 Å². The van der Waals surface area contributed by atoms with Crippen LogP contribution < -0.4 is 10.6 Å². The summed E-state index contributed by atoms with van der Waals surface area (Å²) in [5.41, 5.74) is 1.13. The molecular formula is C13H22N4O2. The molecule has 1 amide bonds. The van der Waals surface area contributed by atoms with Crippen LogP contribution in [0.5, 0.6) is 0 Å². The van der Waals surface area contributed by atoms with Crippen LogP contribution in [-0.2, 0) is 16.1 Å². The van der Waals surface area contributed by atoms with E-state index in [0.29, 0.717) is 13.1 Å². The first-order valence-corrected chi connectivity index (χ1v) is 6.82. The Bertz CT molecular complexity index is 399. The highest BCUT2D eigenvalue weighted by atomic mass is 16.5. The van der Waals surface area contributed by atoms with Crippen LogP contribution in [-0.4, -0.2) is 48.0 Å². The second-order valence-corrected chi connectivity index (χ2v) is 4.89. The Hall–Kier alpha value is -1.40. The highest BCUT2D eigenvalue weighted by Gasteiger charge is 2.14. The van der Waals surface area contributed by atoms with E-state index in [1.54, 1.807) is 0 Å². The zero-order valence-electron chi connectivity index (χ0n) is 11.4. The first-order chi connectivity index (χ1) is 9.24. The maximum absolute atomic E-state index is 11.6. The van der Waals surface area contributed by atoms with E-state index < -0.39 is 0 Å². The number of ether oxygens (including phenoxy) is 1. The number of piperidine rings is 1. The van der Waals surface area contributed by atoms with E-state index in [4.69, 9.17) is 4.74 Å². The largest absolute Gasteiger partial charge is 0.368 e. The number of nitrogens with one attached hydrogen (secondary N) is 2. The predicted molar refractivity (Wildman–Crippen MR) is 71.8 cm³/mol. The van der Waals surface area contributed by atoms with Crippen LogP contribution in [0.4, 0.5) is 0 Å². The molecule has 0 radical (unpaired) electrons. The van der Waals surface area contributed by atoms with Gasteiger partial charge in [-0.05, 0) is 38.4 Å². The summed E-state index contributed by atoms with van der Waals surface area (Å²) >= 11 is 0. The fourth-order valence-electron chi connectivity index (χ4n) is 2.11. The minimum Gasteiger partial charge on any atom is -0.368 e. The smallest absolute Gasteiger partial charge is 0.246 e. The Morgan fingerprint density at radius 1 is 1.58 bits per heavy atom. The molecule has 1 aromatic heterocycles. The second-order valence-electron chi connectivity index (χ2n) is 4.89. The first kappa shape index (κ1) is 14.0. The zero-order chi connectivity index (χ0) is 13.5. The number of amides is 1. The average molecular weight is 266 g/mol. The molecule has 106 valence electrons. The van der Waals surface area contributed by atoms with Crippen molar-refractivity contribution in [3.05, 3.63) is 18.0 Å². The standard InChI is InChI=1S/C13H22N4O2/c1-11-8-16-17(9-11)7-6-15-13(18)10-19-12-2-4-14-5-3-12/h8-9,12,14H,2-7,10H2,1H3,(H,15,18). The number of aryl methyl sites for hydroxylation is 1. The number of carbonyl (C=O) groups is 1. The molecule has 0 unspecified atom stereocenters. The fraction of sp³-hybridized carbons (Fsp3) is 0.692. The number of carbonyl (C=O) groups excluding carboxylic acids is 1. The van der Waals surface area contributed by atoms with E-state index in [1.807, 2.05) is 24.0 Å². The van der Waals surface area contributed by atoms with Crippen LogP contribution >= 0.6 is 0 Å². The van der Waals surface area contributed by atoms with Gasteiger partial charge in [0.1, 0.15) is 6.61 Å². The first-order valence-electron chi connectivity index (χ1n) is 6.82. The van der Waals surface area contributed by atoms with E-state index in [2.05, 4.69) is 15.7 Å². The molecule has 1 fully saturated rings. The minimum atomic E-state index is -0.0533. The number of hydrogen-bond donors (Lipinski definition) is 2. The molecule has 1 aliphatic rings. The van der Waals surface area contributed by atoms with Gasteiger partial charge >= 0.3 is 0 Å². The Morgan fingerprint density at radius 2 is 2.37 bits per heavy atom. The molecule has 0 bridgehead atoms. The van der Waals surface area contributed by atoms with Gasteiger partial charge in [0.2, 0.25) is 5.91 Å². The lowest BCUT2D eigenvalue weighted by Crippen LogP contribution is -2.36. The van der Waals surface area contributed by atoms with Crippen LogP contribution in [0, 0.1) is 6.92 Å². The molecular weight excluding hydrogens is 244 g/mol. The van der Waals surface area contributed by atoms with E-state index in [1.165, 1.54) is 0 Å². The van der Waals surface area contributed by atoms with Crippen molar-refractivity contribution in [2.24, 2.45) is 0 Å². The van der Waals surface area contributed by atoms with Gasteiger partial charge in [-0.25, -0.2) is 0 Å². The van der Waals surface area contributed by atoms with E-state index in [9.17, 15) is 4.79 Å². The maximum atomic E-state index is 11.6. The molecule has 6 heteroatoms. The van der Waals surface area contributed by atoms with Crippen molar-refractivity contribution in [3.8, 4) is 0 Å². The number of rotatable bonds is 6. The van der Waals surface area contributed by atoms with Gasteiger partial charge in [-0.3, -0.25) is 9.48 Å². The third-order valence-corrected chi connectivity index (χ3v) is 3.16. The van der Waals surface area contributed by atoms with E-state index in [-0.39, 0.29) is 18.6 Å². The van der Waals surface area contributed by atoms with Crippen LogP contribution in [0.1, 0.15) is 18.4 Å². The summed E-state index contributed by atoms with van der Waals surface area (Å²) in [7, 11) is 0. The third-order valence-electron chi connectivity index (χ3n) is 3.16.